The number of nitriles is 1. The molecule has 1 amide bonds. The van der Waals surface area contributed by atoms with Gasteiger partial charge in [-0.25, -0.2) is 26.3 Å². The van der Waals surface area contributed by atoms with Gasteiger partial charge in [-0.1, -0.05) is 11.6 Å². The zero-order valence-corrected chi connectivity index (χ0v) is 24.3. The van der Waals surface area contributed by atoms with Crippen LogP contribution >= 0.6 is 23.4 Å². The number of amides is 1. The Labute approximate surface area is 241 Å². The molecule has 3 rings (SSSR count). The molecule has 0 saturated carbocycles. The number of ether oxygens (including phenoxy) is 1. The molecular weight excluding hydrogens is 589 g/mol. The number of anilines is 1. The van der Waals surface area contributed by atoms with E-state index in [0.29, 0.717) is 25.1 Å². The highest BCUT2D eigenvalue weighted by Gasteiger charge is 2.51. The first-order chi connectivity index (χ1) is 18.9. The van der Waals surface area contributed by atoms with Crippen molar-refractivity contribution in [2.75, 3.05) is 38.3 Å². The van der Waals surface area contributed by atoms with E-state index in [4.69, 9.17) is 16.3 Å². The molecule has 0 aliphatic carbocycles. The smallest absolute Gasteiger partial charge is 0.276 e. The maximum absolute atomic E-state index is 13.8. The highest BCUT2D eigenvalue weighted by atomic mass is 35.5. The SMILES string of the molecule is CN(C)CC[C@H](CSc1ccc(F)cc1)Nc1c(Cl)cc(S(=O)(=O)NC(=O)[C@@]2(C(F)F)CCCCO2)cc1C#N. The molecule has 1 saturated heterocycles. The summed E-state index contributed by atoms with van der Waals surface area (Å²) in [6.07, 6.45) is -2.18. The lowest BCUT2D eigenvalue weighted by atomic mass is 9.93. The zero-order chi connectivity index (χ0) is 29.5. The Kier molecular flexibility index (Phi) is 11.1. The molecule has 2 aromatic rings. The van der Waals surface area contributed by atoms with Gasteiger partial charge in [0.25, 0.3) is 22.4 Å². The van der Waals surface area contributed by atoms with Crippen LogP contribution in [0.3, 0.4) is 0 Å². The van der Waals surface area contributed by atoms with Gasteiger partial charge in [0.2, 0.25) is 5.60 Å². The van der Waals surface area contributed by atoms with E-state index in [2.05, 4.69) is 5.32 Å². The Balaban J connectivity index is 1.84. The van der Waals surface area contributed by atoms with E-state index >= 15 is 0 Å². The third kappa shape index (κ3) is 8.04. The van der Waals surface area contributed by atoms with Crippen molar-refractivity contribution >= 4 is 45.0 Å². The minimum absolute atomic E-state index is 0.100. The van der Waals surface area contributed by atoms with Crippen molar-refractivity contribution in [2.24, 2.45) is 0 Å². The topological polar surface area (TPSA) is 112 Å². The van der Waals surface area contributed by atoms with Gasteiger partial charge in [0.15, 0.2) is 0 Å². The second-order valence-electron chi connectivity index (χ2n) is 9.57. The number of rotatable bonds is 12. The maximum atomic E-state index is 13.8. The van der Waals surface area contributed by atoms with Gasteiger partial charge >= 0.3 is 0 Å². The lowest BCUT2D eigenvalue weighted by Crippen LogP contribution is -2.56. The van der Waals surface area contributed by atoms with E-state index in [-0.39, 0.29) is 47.6 Å². The van der Waals surface area contributed by atoms with Crippen LogP contribution in [0.1, 0.15) is 31.2 Å². The molecule has 218 valence electrons. The van der Waals surface area contributed by atoms with Gasteiger partial charge in [-0.2, -0.15) is 5.26 Å². The number of carbonyl (C=O) groups excluding carboxylic acids is 1. The van der Waals surface area contributed by atoms with Gasteiger partial charge in [0, 0.05) is 23.3 Å². The second-order valence-corrected chi connectivity index (χ2v) is 12.8. The van der Waals surface area contributed by atoms with Gasteiger partial charge < -0.3 is 15.0 Å². The average Bonchev–Trinajstić information content (AvgIpc) is 2.91. The number of halogens is 4. The molecular formula is C26H30ClF3N4O4S2. The molecule has 0 bridgehead atoms. The summed E-state index contributed by atoms with van der Waals surface area (Å²) in [6.45, 7) is 0.588. The molecule has 2 atom stereocenters. The zero-order valence-electron chi connectivity index (χ0n) is 21.9. The molecule has 14 heteroatoms. The largest absolute Gasteiger partial charge is 0.379 e. The van der Waals surface area contributed by atoms with Crippen molar-refractivity contribution < 1.29 is 31.1 Å². The number of sulfonamides is 1. The van der Waals surface area contributed by atoms with Crippen LogP contribution in [0.5, 0.6) is 0 Å². The van der Waals surface area contributed by atoms with Crippen molar-refractivity contribution in [1.29, 1.82) is 5.26 Å². The van der Waals surface area contributed by atoms with Crippen molar-refractivity contribution in [3.63, 3.8) is 0 Å². The number of hydrogen-bond donors (Lipinski definition) is 2. The summed E-state index contributed by atoms with van der Waals surface area (Å²) in [6, 6.07) is 9.79. The van der Waals surface area contributed by atoms with Gasteiger partial charge in [-0.05, 0) is 82.7 Å². The number of carbonyl (C=O) groups is 1. The molecule has 1 aliphatic rings. The lowest BCUT2D eigenvalue weighted by Gasteiger charge is -2.34. The highest BCUT2D eigenvalue weighted by molar-refractivity contribution is 7.99. The molecule has 0 aromatic heterocycles. The Bertz CT molecular complexity index is 1330. The predicted octanol–water partition coefficient (Wildman–Crippen LogP) is 4.88. The van der Waals surface area contributed by atoms with Crippen LogP contribution in [0.25, 0.3) is 0 Å². The quantitative estimate of drug-likeness (QED) is 0.324. The van der Waals surface area contributed by atoms with Crippen LogP contribution in [-0.2, 0) is 19.6 Å². The summed E-state index contributed by atoms with van der Waals surface area (Å²) in [5.41, 5.74) is -2.49. The molecule has 0 unspecified atom stereocenters. The Morgan fingerprint density at radius 2 is 1.95 bits per heavy atom. The number of thioether (sulfide) groups is 1. The van der Waals surface area contributed by atoms with E-state index in [1.54, 1.807) is 16.9 Å². The van der Waals surface area contributed by atoms with Crippen LogP contribution in [0.4, 0.5) is 18.9 Å². The number of nitrogens with zero attached hydrogens (tertiary/aromatic N) is 2. The fourth-order valence-electron chi connectivity index (χ4n) is 4.05. The fraction of sp³-hybridized carbons (Fsp3) is 0.462. The molecule has 0 radical (unpaired) electrons. The minimum atomic E-state index is -4.67. The van der Waals surface area contributed by atoms with Crippen LogP contribution < -0.4 is 10.0 Å². The van der Waals surface area contributed by atoms with Crippen molar-refractivity contribution in [3.8, 4) is 6.07 Å². The first-order valence-electron chi connectivity index (χ1n) is 12.4. The number of alkyl halides is 2. The van der Waals surface area contributed by atoms with E-state index in [1.807, 2.05) is 25.1 Å². The summed E-state index contributed by atoms with van der Waals surface area (Å²) < 4.78 is 73.6. The lowest BCUT2D eigenvalue weighted by molar-refractivity contribution is -0.180. The second kappa shape index (κ2) is 13.9. The minimum Gasteiger partial charge on any atom is -0.379 e. The summed E-state index contributed by atoms with van der Waals surface area (Å²) >= 11 is 7.90. The van der Waals surface area contributed by atoms with Crippen LogP contribution in [0.2, 0.25) is 5.02 Å². The van der Waals surface area contributed by atoms with Crippen molar-refractivity contribution in [2.45, 2.75) is 53.5 Å². The van der Waals surface area contributed by atoms with E-state index < -0.39 is 32.9 Å². The van der Waals surface area contributed by atoms with Crippen molar-refractivity contribution in [3.05, 3.63) is 52.8 Å². The standard InChI is InChI=1S/C26H30ClF3N4O4S2/c1-34(2)11-9-19(16-39-20-7-5-18(28)6-8-20)32-23-17(15-31)13-21(14-22(23)27)40(36,37)33-25(35)26(24(29)30)10-3-4-12-38-26/h5-8,13-14,19,24,32H,3-4,9-12,16H2,1-2H3,(H,33,35)/t19-,26+/m1/s1. The Morgan fingerprint density at radius 1 is 1.25 bits per heavy atom. The number of hydrogen-bond acceptors (Lipinski definition) is 8. The molecule has 1 fully saturated rings. The Hall–Kier alpha value is -2.50. The third-order valence-corrected chi connectivity index (χ3v) is 9.08. The van der Waals surface area contributed by atoms with Crippen LogP contribution in [0.15, 0.2) is 46.2 Å². The summed E-state index contributed by atoms with van der Waals surface area (Å²) in [4.78, 5) is 15.0. The summed E-state index contributed by atoms with van der Waals surface area (Å²) in [5.74, 6) is -1.30. The molecule has 0 spiro atoms. The normalized spacial score (nSPS) is 18.4. The maximum Gasteiger partial charge on any atom is 0.276 e. The molecule has 2 N–H and O–H groups in total. The van der Waals surface area contributed by atoms with Crippen LogP contribution in [0, 0.1) is 17.1 Å². The first kappa shape index (κ1) is 32.0. The molecule has 1 aliphatic heterocycles. The monoisotopic (exact) mass is 618 g/mol. The molecule has 1 heterocycles. The highest BCUT2D eigenvalue weighted by Crippen LogP contribution is 2.34. The number of benzene rings is 2. The van der Waals surface area contributed by atoms with Gasteiger partial charge in [0.05, 0.1) is 21.2 Å². The van der Waals surface area contributed by atoms with E-state index in [9.17, 15) is 31.6 Å². The molecule has 40 heavy (non-hydrogen) atoms. The third-order valence-electron chi connectivity index (χ3n) is 6.30. The van der Waals surface area contributed by atoms with Gasteiger partial charge in [-0.15, -0.1) is 11.8 Å². The Morgan fingerprint density at radius 3 is 2.52 bits per heavy atom. The molecule has 8 nitrogen and oxygen atoms in total. The summed E-state index contributed by atoms with van der Waals surface area (Å²) in [5, 5.41) is 12.9. The van der Waals surface area contributed by atoms with E-state index in [1.165, 1.54) is 23.9 Å². The average molecular weight is 619 g/mol. The van der Waals surface area contributed by atoms with Crippen molar-refractivity contribution in [1.82, 2.24) is 9.62 Å². The molecule has 2 aromatic carbocycles. The number of nitrogens with one attached hydrogen (secondary N) is 2. The van der Waals surface area contributed by atoms with Gasteiger partial charge in [-0.3, -0.25) is 4.79 Å². The predicted molar refractivity (Wildman–Crippen MR) is 148 cm³/mol. The fourth-order valence-corrected chi connectivity index (χ4v) is 6.44. The van der Waals surface area contributed by atoms with Crippen LogP contribution in [-0.4, -0.2) is 70.3 Å². The van der Waals surface area contributed by atoms with E-state index in [0.717, 1.165) is 17.0 Å². The summed E-state index contributed by atoms with van der Waals surface area (Å²) in [7, 11) is -0.859. The first-order valence-corrected chi connectivity index (χ1v) is 15.3. The van der Waals surface area contributed by atoms with Gasteiger partial charge in [0.1, 0.15) is 11.9 Å².